The number of pyridine rings is 1. The number of anilines is 2. The number of aryl methyl sites for hydroxylation is 1. The zero-order valence-corrected chi connectivity index (χ0v) is 31.8. The molecule has 5 atom stereocenters. The average molecular weight is 723 g/mol. The number of ether oxygens (including phenoxy) is 3. The molecule has 3 fully saturated rings. The van der Waals surface area contributed by atoms with Crippen LogP contribution in [0.15, 0.2) is 11.2 Å². The highest BCUT2D eigenvalue weighted by Gasteiger charge is 2.54. The molecule has 1 N–H and O–H groups in total. The lowest BCUT2D eigenvalue weighted by Crippen LogP contribution is -2.65. The molecule has 1 aromatic carbocycles. The Morgan fingerprint density at radius 3 is 2.33 bits per heavy atom. The largest absolute Gasteiger partial charge is 0.472 e. The molecule has 3 aliphatic heterocycles. The average Bonchev–Trinajstić information content (AvgIpc) is 3.81. The van der Waals surface area contributed by atoms with E-state index in [0.29, 0.717) is 34.6 Å². The molecule has 2 unspecified atom stereocenters. The van der Waals surface area contributed by atoms with Gasteiger partial charge < -0.3 is 19.1 Å². The predicted octanol–water partition coefficient (Wildman–Crippen LogP) is 7.15. The van der Waals surface area contributed by atoms with E-state index in [1.807, 2.05) is 52.5 Å². The fourth-order valence-electron chi connectivity index (χ4n) is 7.97. The third kappa shape index (κ3) is 6.37. The Balaban J connectivity index is 1.38. The summed E-state index contributed by atoms with van der Waals surface area (Å²) in [5.41, 5.74) is 2.13. The molecule has 5 heterocycles. The third-order valence-corrected chi connectivity index (χ3v) is 10.7. The van der Waals surface area contributed by atoms with Gasteiger partial charge in [-0.1, -0.05) is 0 Å². The van der Waals surface area contributed by atoms with E-state index in [2.05, 4.69) is 15.2 Å². The number of hydrogen-bond acceptors (Lipinski definition) is 10. The van der Waals surface area contributed by atoms with Gasteiger partial charge in [0.1, 0.15) is 39.7 Å². The highest BCUT2D eigenvalue weighted by molar-refractivity contribution is 7.84. The summed E-state index contributed by atoms with van der Waals surface area (Å²) in [6, 6.07) is 1.09. The van der Waals surface area contributed by atoms with Crippen molar-refractivity contribution in [3.8, 4) is 17.1 Å². The van der Waals surface area contributed by atoms with Gasteiger partial charge in [-0.15, -0.1) is 0 Å². The summed E-state index contributed by atoms with van der Waals surface area (Å²) in [6.45, 7) is 17.0. The lowest BCUT2D eigenvalue weighted by atomic mass is 9.92. The number of piperazine rings is 1. The molecule has 3 aromatic rings. The van der Waals surface area contributed by atoms with Crippen molar-refractivity contribution in [2.24, 2.45) is 0 Å². The van der Waals surface area contributed by atoms with Crippen LogP contribution in [0.1, 0.15) is 96.8 Å². The number of amides is 2. The van der Waals surface area contributed by atoms with Gasteiger partial charge in [0.2, 0.25) is 11.0 Å². The van der Waals surface area contributed by atoms with E-state index >= 15 is 4.39 Å². The van der Waals surface area contributed by atoms with Gasteiger partial charge in [-0.25, -0.2) is 28.9 Å². The van der Waals surface area contributed by atoms with Crippen molar-refractivity contribution < 1.29 is 32.4 Å². The van der Waals surface area contributed by atoms with Gasteiger partial charge >= 0.3 is 12.2 Å². The molecule has 14 heteroatoms. The number of nitrogens with zero attached hydrogens (tertiary/aromatic N) is 5. The number of hydrogen-bond donors (Lipinski definition) is 1. The van der Waals surface area contributed by atoms with E-state index in [0.717, 1.165) is 36.8 Å². The lowest BCUT2D eigenvalue weighted by molar-refractivity contribution is 0.000928. The fraction of sp³-hybridized carbons (Fsp3) is 0.595. The molecule has 1 saturated carbocycles. The van der Waals surface area contributed by atoms with Crippen LogP contribution in [-0.4, -0.2) is 84.5 Å². The number of fused-ring (bicyclic) bond motifs is 5. The highest BCUT2D eigenvalue weighted by atomic mass is 32.2. The maximum atomic E-state index is 17.2. The zero-order valence-electron chi connectivity index (χ0n) is 31.0. The smallest absolute Gasteiger partial charge is 0.412 e. The van der Waals surface area contributed by atoms with E-state index in [1.165, 1.54) is 6.26 Å². The summed E-state index contributed by atoms with van der Waals surface area (Å²) in [5.74, 6) is 0.101. The molecule has 2 aromatic heterocycles. The zero-order chi connectivity index (χ0) is 36.9. The molecule has 2 saturated heterocycles. The van der Waals surface area contributed by atoms with Crippen LogP contribution >= 0.6 is 0 Å². The van der Waals surface area contributed by atoms with E-state index in [1.54, 1.807) is 20.8 Å². The first-order chi connectivity index (χ1) is 23.8. The van der Waals surface area contributed by atoms with E-state index in [9.17, 15) is 13.8 Å². The summed E-state index contributed by atoms with van der Waals surface area (Å²) in [6.07, 6.45) is 3.44. The Morgan fingerprint density at radius 2 is 1.71 bits per heavy atom. The Morgan fingerprint density at radius 1 is 1.02 bits per heavy atom. The normalized spacial score (nSPS) is 23.4. The van der Waals surface area contributed by atoms with Crippen molar-refractivity contribution in [1.82, 2.24) is 19.9 Å². The Kier molecular flexibility index (Phi) is 8.50. The minimum atomic E-state index is -1.64. The lowest BCUT2D eigenvalue weighted by Gasteiger charge is -2.48. The molecular weight excluding hydrogens is 676 g/mol. The molecular formula is C37H47FN6O6S. The number of carbonyl (C=O) groups excluding carboxylic acids is 2. The van der Waals surface area contributed by atoms with Gasteiger partial charge in [0.15, 0.2) is 5.82 Å². The topological polar surface area (TPSA) is 136 Å². The van der Waals surface area contributed by atoms with Crippen LogP contribution in [0.3, 0.4) is 0 Å². The van der Waals surface area contributed by atoms with Crippen LogP contribution in [0, 0.1) is 19.7 Å². The van der Waals surface area contributed by atoms with Crippen LogP contribution in [0.2, 0.25) is 0 Å². The van der Waals surface area contributed by atoms with Crippen molar-refractivity contribution >= 4 is 45.4 Å². The van der Waals surface area contributed by atoms with Crippen molar-refractivity contribution in [2.45, 2.75) is 135 Å². The first kappa shape index (κ1) is 35.3. The van der Waals surface area contributed by atoms with Crippen LogP contribution in [-0.2, 0) is 20.3 Å². The van der Waals surface area contributed by atoms with E-state index < -0.39 is 40.0 Å². The molecule has 2 amide bonds. The van der Waals surface area contributed by atoms with E-state index in [-0.39, 0.29) is 52.4 Å². The molecule has 7 rings (SSSR count). The monoisotopic (exact) mass is 722 g/mol. The standard InChI is InChI=1S/C37H47FN6O6S/c1-17-15-22(18(2)27(24(17)20-11-12-20)41-34(45)49-36(4,5)6)28-26(38)29-25-31(42-33(40-29)51(10)47)43-16-21-13-14-23(30(43)19(3)48-32(25)39-28)44(21)35(46)50-37(7,8)9/h15,19-21,23,30H,11-14,16H2,1-10H3,(H,41,45)/t19-,21+,23-,30?,51?/m0/s1. The molecule has 2 bridgehead atoms. The van der Waals surface area contributed by atoms with Gasteiger partial charge in [-0.2, -0.15) is 0 Å². The maximum Gasteiger partial charge on any atom is 0.412 e. The number of nitrogens with one attached hydrogen (secondary N) is 1. The highest BCUT2D eigenvalue weighted by Crippen LogP contribution is 2.50. The van der Waals surface area contributed by atoms with Crippen molar-refractivity contribution in [2.75, 3.05) is 23.0 Å². The number of rotatable bonds is 4. The quantitative estimate of drug-likeness (QED) is 0.277. The second-order valence-electron chi connectivity index (χ2n) is 16.3. The summed E-state index contributed by atoms with van der Waals surface area (Å²) in [7, 11) is -1.64. The molecule has 0 radical (unpaired) electrons. The number of carbonyl (C=O) groups is 2. The van der Waals surface area contributed by atoms with Crippen molar-refractivity contribution in [1.29, 1.82) is 0 Å². The number of halogens is 1. The molecule has 12 nitrogen and oxygen atoms in total. The first-order valence-electron chi connectivity index (χ1n) is 17.7. The Labute approximate surface area is 300 Å². The van der Waals surface area contributed by atoms with Gasteiger partial charge in [-0.3, -0.25) is 14.4 Å². The van der Waals surface area contributed by atoms with Gasteiger partial charge in [-0.05, 0) is 117 Å². The summed E-state index contributed by atoms with van der Waals surface area (Å²) >= 11 is 0. The Hall–Kier alpha value is -4.07. The second-order valence-corrected chi connectivity index (χ2v) is 17.6. The molecule has 274 valence electrons. The third-order valence-electron chi connectivity index (χ3n) is 10.0. The van der Waals surface area contributed by atoms with Crippen LogP contribution in [0.4, 0.5) is 25.5 Å². The predicted molar refractivity (Wildman–Crippen MR) is 192 cm³/mol. The summed E-state index contributed by atoms with van der Waals surface area (Å²) in [4.78, 5) is 44.6. The molecule has 51 heavy (non-hydrogen) atoms. The SMILES string of the molecule is Cc1cc(-c2nc3c4c(nc(S(C)=O)nc4c2F)N2C[C@H]4CC[C@@H](C2[C@H](C)O3)N4C(=O)OC(C)(C)C)c(C)c(NC(=O)OC(C)(C)C)c1C1CC1. The van der Waals surface area contributed by atoms with E-state index in [4.69, 9.17) is 24.2 Å². The first-order valence-corrected chi connectivity index (χ1v) is 19.2. The van der Waals surface area contributed by atoms with Crippen molar-refractivity contribution in [3.05, 3.63) is 28.6 Å². The maximum absolute atomic E-state index is 17.2. The van der Waals surface area contributed by atoms with Gasteiger partial charge in [0, 0.05) is 18.4 Å². The van der Waals surface area contributed by atoms with Crippen LogP contribution in [0.5, 0.6) is 5.88 Å². The molecule has 1 aliphatic carbocycles. The minimum Gasteiger partial charge on any atom is -0.472 e. The molecule has 0 spiro atoms. The summed E-state index contributed by atoms with van der Waals surface area (Å²) in [5, 5.41) is 3.25. The number of benzene rings is 1. The fourth-order valence-corrected chi connectivity index (χ4v) is 8.41. The van der Waals surface area contributed by atoms with Gasteiger partial charge in [0.25, 0.3) is 0 Å². The second kappa shape index (κ2) is 12.3. The van der Waals surface area contributed by atoms with Crippen molar-refractivity contribution in [3.63, 3.8) is 0 Å². The van der Waals surface area contributed by atoms with Crippen LogP contribution < -0.4 is 15.0 Å². The Bertz CT molecular complexity index is 1990. The minimum absolute atomic E-state index is 0.00542. The van der Waals surface area contributed by atoms with Crippen LogP contribution in [0.25, 0.3) is 22.2 Å². The number of aromatic nitrogens is 3. The molecule has 4 aliphatic rings. The summed E-state index contributed by atoms with van der Waals surface area (Å²) < 4.78 is 48.2. The van der Waals surface area contributed by atoms with Gasteiger partial charge in [0.05, 0.1) is 34.6 Å².